The maximum atomic E-state index is 12.5. The van der Waals surface area contributed by atoms with E-state index >= 15 is 0 Å². The van der Waals surface area contributed by atoms with Gasteiger partial charge in [-0.2, -0.15) is 0 Å². The average molecular weight is 365 g/mol. The largest absolute Gasteiger partial charge is 0.477 e. The predicted octanol–water partition coefficient (Wildman–Crippen LogP) is 3.78. The number of ether oxygens (including phenoxy) is 2. The second-order valence-corrected chi connectivity index (χ2v) is 5.82. The molecule has 134 valence electrons. The first-order chi connectivity index (χ1) is 12.0. The lowest BCUT2D eigenvalue weighted by molar-refractivity contribution is 0.0512. The quantitative estimate of drug-likeness (QED) is 0.385. The Morgan fingerprint density at radius 3 is 2.72 bits per heavy atom. The highest BCUT2D eigenvalue weighted by molar-refractivity contribution is 6.31. The number of Topliss-reactive ketones (excluding diaryl/α,β-unsaturated/α-hetero) is 1. The molecule has 2 aromatic rings. The monoisotopic (exact) mass is 364 g/mol. The molecule has 0 saturated heterocycles. The van der Waals surface area contributed by atoms with Gasteiger partial charge in [0.05, 0.1) is 13.2 Å². The van der Waals surface area contributed by atoms with Crippen molar-refractivity contribution >= 4 is 23.4 Å². The highest BCUT2D eigenvalue weighted by Gasteiger charge is 2.20. The third-order valence-corrected chi connectivity index (χ3v) is 3.67. The van der Waals surface area contributed by atoms with Crippen LogP contribution in [0.4, 0.5) is 0 Å². The van der Waals surface area contributed by atoms with Crippen LogP contribution in [0.15, 0.2) is 30.3 Å². The average Bonchev–Trinajstić information content (AvgIpc) is 2.98. The van der Waals surface area contributed by atoms with E-state index in [4.69, 9.17) is 21.1 Å². The molecule has 2 rings (SSSR count). The maximum absolute atomic E-state index is 12.5. The maximum Gasteiger partial charge on any atom is 0.356 e. The Labute approximate surface area is 151 Å². The summed E-state index contributed by atoms with van der Waals surface area (Å²) in [6.45, 7) is 4.39. The van der Waals surface area contributed by atoms with Gasteiger partial charge in [0.2, 0.25) is 5.88 Å². The molecular weight excluding hydrogens is 344 g/mol. The van der Waals surface area contributed by atoms with Gasteiger partial charge in [-0.15, -0.1) is 5.10 Å². The van der Waals surface area contributed by atoms with Gasteiger partial charge >= 0.3 is 5.97 Å². The number of esters is 1. The van der Waals surface area contributed by atoms with Crippen LogP contribution in [-0.4, -0.2) is 34.7 Å². The van der Waals surface area contributed by atoms with Crippen LogP contribution in [0.2, 0.25) is 5.02 Å². The molecule has 6 nitrogen and oxygen atoms in total. The first kappa shape index (κ1) is 19.0. The summed E-state index contributed by atoms with van der Waals surface area (Å²) < 4.78 is 11.9. The number of carbonyl (C=O) groups excluding carboxylic acids is 2. The highest BCUT2D eigenvalue weighted by Crippen LogP contribution is 2.16. The van der Waals surface area contributed by atoms with Gasteiger partial charge in [-0.05, 0) is 25.5 Å². The lowest BCUT2D eigenvalue weighted by Crippen LogP contribution is -2.18. The van der Waals surface area contributed by atoms with E-state index in [9.17, 15) is 9.59 Å². The van der Waals surface area contributed by atoms with Gasteiger partial charge in [-0.25, -0.2) is 9.48 Å². The van der Waals surface area contributed by atoms with Crippen molar-refractivity contribution in [3.05, 3.63) is 46.6 Å². The molecule has 1 heterocycles. The number of rotatable bonds is 9. The smallest absolute Gasteiger partial charge is 0.356 e. The number of nitrogens with zero attached hydrogens (tertiary/aromatic N) is 2. The number of aromatic nitrogens is 2. The van der Waals surface area contributed by atoms with Crippen molar-refractivity contribution in [2.75, 3.05) is 13.2 Å². The van der Waals surface area contributed by atoms with Crippen molar-refractivity contribution in [2.24, 2.45) is 0 Å². The summed E-state index contributed by atoms with van der Waals surface area (Å²) in [5.74, 6) is -0.453. The third-order valence-electron chi connectivity index (χ3n) is 3.43. The van der Waals surface area contributed by atoms with Crippen molar-refractivity contribution in [2.45, 2.75) is 33.2 Å². The zero-order chi connectivity index (χ0) is 18.2. The standard InChI is InChI=1S/C18H21ClN2O4/c1-3-5-9-25-17-11-15(18(23)24-4-2)21(20-17)12-16(22)13-7-6-8-14(19)10-13/h6-8,10-11H,3-5,9,12H2,1-2H3. The number of halogens is 1. The van der Waals surface area contributed by atoms with Crippen molar-refractivity contribution < 1.29 is 19.1 Å². The molecule has 0 amide bonds. The van der Waals surface area contributed by atoms with E-state index in [-0.39, 0.29) is 24.6 Å². The molecule has 7 heteroatoms. The van der Waals surface area contributed by atoms with Gasteiger partial charge in [0.25, 0.3) is 0 Å². The van der Waals surface area contributed by atoms with Gasteiger partial charge in [-0.1, -0.05) is 37.1 Å². The molecule has 0 spiro atoms. The summed E-state index contributed by atoms with van der Waals surface area (Å²) in [6, 6.07) is 8.13. The van der Waals surface area contributed by atoms with E-state index in [1.54, 1.807) is 31.2 Å². The number of carbonyl (C=O) groups is 2. The minimum absolute atomic E-state index is 0.106. The molecule has 0 fully saturated rings. The molecular formula is C18H21ClN2O4. The lowest BCUT2D eigenvalue weighted by atomic mass is 10.1. The zero-order valence-corrected chi connectivity index (χ0v) is 15.1. The minimum atomic E-state index is -0.542. The highest BCUT2D eigenvalue weighted by atomic mass is 35.5. The van der Waals surface area contributed by atoms with Gasteiger partial charge < -0.3 is 9.47 Å². The van der Waals surface area contributed by atoms with Crippen molar-refractivity contribution in [3.8, 4) is 5.88 Å². The molecule has 0 unspecified atom stereocenters. The fourth-order valence-electron chi connectivity index (χ4n) is 2.16. The van der Waals surface area contributed by atoms with Crippen molar-refractivity contribution in [1.82, 2.24) is 9.78 Å². The summed E-state index contributed by atoms with van der Waals surface area (Å²) in [5, 5.41) is 4.69. The second kappa shape index (κ2) is 9.22. The van der Waals surface area contributed by atoms with Gasteiger partial charge in [0.15, 0.2) is 11.5 Å². The summed E-state index contributed by atoms with van der Waals surface area (Å²) in [7, 11) is 0. The van der Waals surface area contributed by atoms with Crippen LogP contribution in [0, 0.1) is 0 Å². The van der Waals surface area contributed by atoms with Crippen LogP contribution in [0.1, 0.15) is 47.5 Å². The SMILES string of the molecule is CCCCOc1cc(C(=O)OCC)n(CC(=O)c2cccc(Cl)c2)n1. The molecule has 1 aromatic carbocycles. The summed E-state index contributed by atoms with van der Waals surface area (Å²) in [6.07, 6.45) is 1.86. The Morgan fingerprint density at radius 2 is 2.04 bits per heavy atom. The van der Waals surface area contributed by atoms with Crippen LogP contribution < -0.4 is 4.74 Å². The molecule has 0 atom stereocenters. The van der Waals surface area contributed by atoms with Crippen molar-refractivity contribution in [1.29, 1.82) is 0 Å². The Morgan fingerprint density at radius 1 is 1.24 bits per heavy atom. The Hall–Kier alpha value is -2.34. The van der Waals surface area contributed by atoms with Crippen LogP contribution >= 0.6 is 11.6 Å². The Kier molecular flexibility index (Phi) is 7.01. The van der Waals surface area contributed by atoms with Gasteiger partial charge in [-0.3, -0.25) is 4.79 Å². The molecule has 0 aliphatic rings. The number of benzene rings is 1. The lowest BCUT2D eigenvalue weighted by Gasteiger charge is -2.06. The first-order valence-electron chi connectivity index (χ1n) is 8.21. The zero-order valence-electron chi connectivity index (χ0n) is 14.3. The van der Waals surface area contributed by atoms with Gasteiger partial charge in [0, 0.05) is 16.7 Å². The molecule has 0 aliphatic heterocycles. The molecule has 1 aromatic heterocycles. The van der Waals surface area contributed by atoms with Crippen LogP contribution in [0.5, 0.6) is 5.88 Å². The molecule has 0 saturated carbocycles. The summed E-state index contributed by atoms with van der Waals surface area (Å²) >= 11 is 5.92. The third kappa shape index (κ3) is 5.32. The first-order valence-corrected chi connectivity index (χ1v) is 8.59. The molecule has 0 aliphatic carbocycles. The molecule has 25 heavy (non-hydrogen) atoms. The number of hydrogen-bond acceptors (Lipinski definition) is 5. The van der Waals surface area contributed by atoms with Gasteiger partial charge in [0.1, 0.15) is 6.54 Å². The summed E-state index contributed by atoms with van der Waals surface area (Å²) in [4.78, 5) is 24.6. The number of ketones is 1. The molecule has 0 bridgehead atoms. The topological polar surface area (TPSA) is 70.4 Å². The van der Waals surface area contributed by atoms with E-state index in [0.717, 1.165) is 12.8 Å². The minimum Gasteiger partial charge on any atom is -0.477 e. The normalized spacial score (nSPS) is 10.5. The molecule has 0 radical (unpaired) electrons. The van der Waals surface area contributed by atoms with Crippen LogP contribution in [0.25, 0.3) is 0 Å². The van der Waals surface area contributed by atoms with Crippen molar-refractivity contribution in [3.63, 3.8) is 0 Å². The Bertz CT molecular complexity index is 742. The summed E-state index contributed by atoms with van der Waals surface area (Å²) in [5.41, 5.74) is 0.634. The Balaban J connectivity index is 2.21. The van der Waals surface area contributed by atoms with E-state index < -0.39 is 5.97 Å². The fourth-order valence-corrected chi connectivity index (χ4v) is 2.35. The van der Waals surface area contributed by atoms with E-state index in [2.05, 4.69) is 12.0 Å². The second-order valence-electron chi connectivity index (χ2n) is 5.38. The number of hydrogen-bond donors (Lipinski definition) is 0. The fraction of sp³-hybridized carbons (Fsp3) is 0.389. The van der Waals surface area contributed by atoms with Crippen LogP contribution in [0.3, 0.4) is 0 Å². The predicted molar refractivity (Wildman–Crippen MR) is 94.4 cm³/mol. The van der Waals surface area contributed by atoms with E-state index in [1.807, 2.05) is 0 Å². The van der Waals surface area contributed by atoms with E-state index in [1.165, 1.54) is 10.7 Å². The number of unbranched alkanes of at least 4 members (excludes halogenated alkanes) is 1. The molecule has 0 N–H and O–H groups in total. The van der Waals surface area contributed by atoms with Crippen LogP contribution in [-0.2, 0) is 11.3 Å². The van der Waals surface area contributed by atoms with E-state index in [0.29, 0.717) is 23.1 Å².